The summed E-state index contributed by atoms with van der Waals surface area (Å²) < 4.78 is 95.5. The highest BCUT2D eigenvalue weighted by molar-refractivity contribution is 5.94. The first-order chi connectivity index (χ1) is 10.7. The Morgan fingerprint density at radius 3 is 1.92 bits per heavy atom. The number of carbonyl (C=O) groups excluding carboxylic acids is 1. The number of hydrogen-bond donors (Lipinski definition) is 0. The zero-order chi connectivity index (χ0) is 19.0. The lowest BCUT2D eigenvalue weighted by atomic mass is 9.82. The molecular weight excluding hydrogens is 345 g/mol. The first kappa shape index (κ1) is 20.4. The highest BCUT2D eigenvalue weighted by Crippen LogP contribution is 2.52. The topological polar surface area (TPSA) is 26.3 Å². The molecule has 0 fully saturated rings. The third-order valence-corrected chi connectivity index (χ3v) is 3.81. The fourth-order valence-corrected chi connectivity index (χ4v) is 2.19. The number of carbonyl (C=O) groups is 1. The van der Waals surface area contributed by atoms with E-state index in [1.807, 2.05) is 0 Å². The highest BCUT2D eigenvalue weighted by atomic mass is 19.4. The number of benzene rings is 1. The molecule has 0 bridgehead atoms. The van der Waals surface area contributed by atoms with Crippen molar-refractivity contribution in [3.8, 4) is 0 Å². The Labute approximate surface area is 133 Å². The van der Waals surface area contributed by atoms with Gasteiger partial charge in [0.15, 0.2) is 5.78 Å². The minimum absolute atomic E-state index is 0.0549. The van der Waals surface area contributed by atoms with Crippen LogP contribution in [0.4, 0.5) is 30.7 Å². The van der Waals surface area contributed by atoms with Crippen molar-refractivity contribution < 1.29 is 40.3 Å². The number of hydrogen-bond acceptors (Lipinski definition) is 2. The number of Topliss-reactive ketones (excluding diaryl/α,β-unsaturated/α-hetero) is 1. The maximum absolute atomic E-state index is 14.0. The summed E-state index contributed by atoms with van der Waals surface area (Å²) >= 11 is 0. The van der Waals surface area contributed by atoms with Gasteiger partial charge in [-0.3, -0.25) is 4.79 Å². The first-order valence-corrected chi connectivity index (χ1v) is 6.67. The van der Waals surface area contributed by atoms with Crippen LogP contribution in [0, 0.1) is 0 Å². The second kappa shape index (κ2) is 6.34. The Morgan fingerprint density at radius 1 is 1.04 bits per heavy atom. The van der Waals surface area contributed by atoms with Crippen molar-refractivity contribution in [2.45, 2.75) is 43.9 Å². The molecule has 2 nitrogen and oxygen atoms in total. The van der Waals surface area contributed by atoms with Gasteiger partial charge in [-0.15, -0.1) is 0 Å². The first-order valence-electron chi connectivity index (χ1n) is 6.67. The van der Waals surface area contributed by atoms with Crippen molar-refractivity contribution in [1.29, 1.82) is 0 Å². The van der Waals surface area contributed by atoms with E-state index in [0.717, 1.165) is 20.1 Å². The summed E-state index contributed by atoms with van der Waals surface area (Å²) in [4.78, 5) is 11.3. The van der Waals surface area contributed by atoms with Gasteiger partial charge >= 0.3 is 18.0 Å². The van der Waals surface area contributed by atoms with Crippen molar-refractivity contribution >= 4 is 5.78 Å². The van der Waals surface area contributed by atoms with Gasteiger partial charge in [0, 0.05) is 19.1 Å². The lowest BCUT2D eigenvalue weighted by Gasteiger charge is -2.38. The van der Waals surface area contributed by atoms with Crippen LogP contribution in [0.15, 0.2) is 24.3 Å². The molecule has 0 aliphatic rings. The monoisotopic (exact) mass is 360 g/mol. The molecule has 0 aliphatic heterocycles. The second-order valence-corrected chi connectivity index (χ2v) is 5.55. The molecule has 1 unspecified atom stereocenters. The van der Waals surface area contributed by atoms with E-state index in [2.05, 4.69) is 0 Å². The fourth-order valence-electron chi connectivity index (χ4n) is 2.19. The molecule has 0 saturated heterocycles. The summed E-state index contributed by atoms with van der Waals surface area (Å²) in [5, 5.41) is 0. The summed E-state index contributed by atoms with van der Waals surface area (Å²) in [7, 11) is 0.869. The number of ketones is 1. The van der Waals surface area contributed by atoms with E-state index in [1.54, 1.807) is 0 Å². The standard InChI is InChI=1S/C15H15F7O2/c1-9(23)10-5-4-6-11(7-10)12(2,24-3)8-13(16,14(17,18)19)15(20,21)22/h4-7H,8H2,1-3H3. The normalized spacial score (nSPS) is 15.9. The van der Waals surface area contributed by atoms with E-state index in [-0.39, 0.29) is 11.1 Å². The van der Waals surface area contributed by atoms with Crippen molar-refractivity contribution in [3.63, 3.8) is 0 Å². The molecule has 0 heterocycles. The van der Waals surface area contributed by atoms with E-state index in [4.69, 9.17) is 4.74 Å². The van der Waals surface area contributed by atoms with Crippen LogP contribution < -0.4 is 0 Å². The van der Waals surface area contributed by atoms with Crippen LogP contribution in [0.3, 0.4) is 0 Å². The zero-order valence-corrected chi connectivity index (χ0v) is 13.0. The number of halogens is 7. The van der Waals surface area contributed by atoms with Gasteiger partial charge in [-0.2, -0.15) is 26.3 Å². The molecule has 0 amide bonds. The lowest BCUT2D eigenvalue weighted by molar-refractivity contribution is -0.353. The van der Waals surface area contributed by atoms with Gasteiger partial charge in [-0.25, -0.2) is 4.39 Å². The average molecular weight is 360 g/mol. The molecule has 1 aromatic rings. The third-order valence-electron chi connectivity index (χ3n) is 3.81. The molecule has 0 aromatic heterocycles. The zero-order valence-electron chi connectivity index (χ0n) is 13.0. The molecule has 9 heteroatoms. The molecule has 136 valence electrons. The van der Waals surface area contributed by atoms with E-state index in [9.17, 15) is 35.5 Å². The molecule has 24 heavy (non-hydrogen) atoms. The quantitative estimate of drug-likeness (QED) is 0.547. The van der Waals surface area contributed by atoms with E-state index >= 15 is 0 Å². The second-order valence-electron chi connectivity index (χ2n) is 5.55. The van der Waals surface area contributed by atoms with Gasteiger partial charge in [0.2, 0.25) is 0 Å². The number of methoxy groups -OCH3 is 1. The minimum atomic E-state index is -6.18. The van der Waals surface area contributed by atoms with Crippen molar-refractivity contribution in [1.82, 2.24) is 0 Å². The predicted octanol–water partition coefficient (Wildman–Crippen LogP) is 4.97. The molecule has 1 rings (SSSR count). The maximum atomic E-state index is 14.0. The number of ether oxygens (including phenoxy) is 1. The Bertz CT molecular complexity index is 593. The highest BCUT2D eigenvalue weighted by Gasteiger charge is 2.74. The van der Waals surface area contributed by atoms with Crippen molar-refractivity contribution in [2.75, 3.05) is 7.11 Å². The summed E-state index contributed by atoms with van der Waals surface area (Å²) in [5.74, 6) is -0.451. The van der Waals surface area contributed by atoms with Gasteiger partial charge in [0.25, 0.3) is 0 Å². The smallest absolute Gasteiger partial charge is 0.374 e. The molecule has 1 atom stereocenters. The molecule has 0 aliphatic carbocycles. The molecule has 0 N–H and O–H groups in total. The molecule has 0 radical (unpaired) electrons. The SMILES string of the molecule is COC(C)(CC(F)(C(F)(F)F)C(F)(F)F)c1cccc(C(C)=O)c1. The van der Waals surface area contributed by atoms with E-state index in [0.29, 0.717) is 0 Å². The summed E-state index contributed by atoms with van der Waals surface area (Å²) in [5.41, 5.74) is -7.84. The maximum Gasteiger partial charge on any atom is 0.431 e. The Morgan fingerprint density at radius 2 is 1.54 bits per heavy atom. The lowest BCUT2D eigenvalue weighted by Crippen LogP contribution is -2.56. The largest absolute Gasteiger partial charge is 0.431 e. The Kier molecular flexibility index (Phi) is 5.39. The van der Waals surface area contributed by atoms with Gasteiger partial charge < -0.3 is 4.74 Å². The van der Waals surface area contributed by atoms with E-state index < -0.39 is 35.8 Å². The fraction of sp³-hybridized carbons (Fsp3) is 0.533. The Hall–Kier alpha value is -1.64. The summed E-state index contributed by atoms with van der Waals surface area (Å²) in [6, 6.07) is 4.85. The van der Waals surface area contributed by atoms with Gasteiger partial charge in [0.05, 0.1) is 5.60 Å². The van der Waals surface area contributed by atoms with Crippen LogP contribution in [0.5, 0.6) is 0 Å². The van der Waals surface area contributed by atoms with Gasteiger partial charge in [-0.1, -0.05) is 18.2 Å². The average Bonchev–Trinajstić information content (AvgIpc) is 2.44. The van der Waals surface area contributed by atoms with Crippen LogP contribution in [-0.4, -0.2) is 30.9 Å². The van der Waals surface area contributed by atoms with Crippen LogP contribution in [0.2, 0.25) is 0 Å². The predicted molar refractivity (Wildman–Crippen MR) is 71.4 cm³/mol. The number of rotatable bonds is 5. The van der Waals surface area contributed by atoms with Gasteiger partial charge in [0.1, 0.15) is 0 Å². The van der Waals surface area contributed by atoms with Crippen molar-refractivity contribution in [2.24, 2.45) is 0 Å². The minimum Gasteiger partial charge on any atom is -0.374 e. The van der Waals surface area contributed by atoms with Crippen LogP contribution in [0.1, 0.15) is 36.2 Å². The third kappa shape index (κ3) is 3.71. The van der Waals surface area contributed by atoms with E-state index in [1.165, 1.54) is 25.1 Å². The Balaban J connectivity index is 3.43. The summed E-state index contributed by atoms with van der Waals surface area (Å²) in [6.07, 6.45) is -14.4. The van der Waals surface area contributed by atoms with Crippen LogP contribution in [0.25, 0.3) is 0 Å². The molecule has 1 aromatic carbocycles. The van der Waals surface area contributed by atoms with Crippen LogP contribution >= 0.6 is 0 Å². The summed E-state index contributed by atoms with van der Waals surface area (Å²) in [6.45, 7) is 2.08. The molecule has 0 spiro atoms. The number of alkyl halides is 7. The van der Waals surface area contributed by atoms with Gasteiger partial charge in [-0.05, 0) is 25.5 Å². The molecular formula is C15H15F7O2. The van der Waals surface area contributed by atoms with Crippen molar-refractivity contribution in [3.05, 3.63) is 35.4 Å². The molecule has 0 saturated carbocycles. The van der Waals surface area contributed by atoms with Crippen LogP contribution in [-0.2, 0) is 10.3 Å².